The Bertz CT molecular complexity index is 487. The predicted molar refractivity (Wildman–Crippen MR) is 85.9 cm³/mol. The van der Waals surface area contributed by atoms with Crippen LogP contribution < -0.4 is 0 Å². The number of hydrogen-bond donors (Lipinski definition) is 0. The van der Waals surface area contributed by atoms with Crippen LogP contribution in [-0.4, -0.2) is 30.0 Å². The number of nitro benzene ring substituents is 1. The average molecular weight is 311 g/mol. The molecule has 1 saturated carbocycles. The number of hydrogen-bond acceptors (Lipinski definition) is 3. The third kappa shape index (κ3) is 4.97. The molecule has 1 aromatic rings. The lowest BCUT2D eigenvalue weighted by molar-refractivity contribution is -0.384. The van der Waals surface area contributed by atoms with E-state index in [0.29, 0.717) is 5.02 Å². The molecule has 0 saturated heterocycles. The SMILES string of the molecule is CN(CCc1ccc([N+](=O)[O-])cc1Cl)CC1CCCCC1. The molecule has 1 fully saturated rings. The van der Waals surface area contributed by atoms with Gasteiger partial charge in [-0.05, 0) is 37.8 Å². The molecule has 21 heavy (non-hydrogen) atoms. The van der Waals surface area contributed by atoms with E-state index < -0.39 is 4.92 Å². The van der Waals surface area contributed by atoms with Gasteiger partial charge >= 0.3 is 0 Å². The maximum absolute atomic E-state index is 10.7. The summed E-state index contributed by atoms with van der Waals surface area (Å²) in [5.41, 5.74) is 1.04. The number of likely N-dealkylation sites (N-methyl/N-ethyl adjacent to an activating group) is 1. The Labute approximate surface area is 131 Å². The van der Waals surface area contributed by atoms with Crippen LogP contribution in [0, 0.1) is 16.0 Å². The summed E-state index contributed by atoms with van der Waals surface area (Å²) in [7, 11) is 2.15. The van der Waals surface area contributed by atoms with Crippen molar-refractivity contribution in [2.75, 3.05) is 20.1 Å². The highest BCUT2D eigenvalue weighted by Crippen LogP contribution is 2.25. The maximum Gasteiger partial charge on any atom is 0.270 e. The van der Waals surface area contributed by atoms with Crippen LogP contribution in [0.25, 0.3) is 0 Å². The van der Waals surface area contributed by atoms with Crippen LogP contribution in [0.3, 0.4) is 0 Å². The third-order valence-electron chi connectivity index (χ3n) is 4.30. The summed E-state index contributed by atoms with van der Waals surface area (Å²) < 4.78 is 0. The molecule has 0 atom stereocenters. The van der Waals surface area contributed by atoms with Crippen molar-refractivity contribution in [1.82, 2.24) is 4.90 Å². The first-order valence-corrected chi connectivity index (χ1v) is 8.05. The zero-order valence-electron chi connectivity index (χ0n) is 12.6. The van der Waals surface area contributed by atoms with Crippen molar-refractivity contribution >= 4 is 17.3 Å². The van der Waals surface area contributed by atoms with Crippen LogP contribution in [-0.2, 0) is 6.42 Å². The fraction of sp³-hybridized carbons (Fsp3) is 0.625. The number of rotatable bonds is 6. The second kappa shape index (κ2) is 7.76. The standard InChI is InChI=1S/C16H23ClN2O2/c1-18(12-13-5-3-2-4-6-13)10-9-14-7-8-15(19(20)21)11-16(14)17/h7-8,11,13H,2-6,9-10,12H2,1H3. The summed E-state index contributed by atoms with van der Waals surface area (Å²) in [6, 6.07) is 4.75. The lowest BCUT2D eigenvalue weighted by Crippen LogP contribution is -2.28. The van der Waals surface area contributed by atoms with Gasteiger partial charge in [0.25, 0.3) is 5.69 Å². The van der Waals surface area contributed by atoms with Gasteiger partial charge in [0, 0.05) is 25.2 Å². The largest absolute Gasteiger partial charge is 0.306 e. The molecule has 4 nitrogen and oxygen atoms in total. The Morgan fingerprint density at radius 1 is 1.33 bits per heavy atom. The zero-order valence-corrected chi connectivity index (χ0v) is 13.3. The molecule has 1 aliphatic rings. The Balaban J connectivity index is 1.83. The summed E-state index contributed by atoms with van der Waals surface area (Å²) in [4.78, 5) is 12.6. The molecule has 0 spiro atoms. The lowest BCUT2D eigenvalue weighted by atomic mass is 9.89. The number of nitrogens with zero attached hydrogens (tertiary/aromatic N) is 2. The highest BCUT2D eigenvalue weighted by molar-refractivity contribution is 6.31. The molecule has 0 aliphatic heterocycles. The smallest absolute Gasteiger partial charge is 0.270 e. The Morgan fingerprint density at radius 3 is 2.67 bits per heavy atom. The van der Waals surface area contributed by atoms with E-state index in [1.807, 2.05) is 0 Å². The molecule has 1 aliphatic carbocycles. The van der Waals surface area contributed by atoms with Gasteiger partial charge in [-0.25, -0.2) is 0 Å². The minimum atomic E-state index is -0.412. The minimum Gasteiger partial charge on any atom is -0.306 e. The Kier molecular flexibility index (Phi) is 6.00. The van der Waals surface area contributed by atoms with E-state index in [0.717, 1.165) is 31.0 Å². The molecular formula is C16H23ClN2O2. The van der Waals surface area contributed by atoms with Gasteiger partial charge in [0.2, 0.25) is 0 Å². The van der Waals surface area contributed by atoms with Crippen molar-refractivity contribution in [2.45, 2.75) is 38.5 Å². The van der Waals surface area contributed by atoms with Gasteiger partial charge in [0.1, 0.15) is 0 Å². The first-order valence-electron chi connectivity index (χ1n) is 7.67. The fourth-order valence-electron chi connectivity index (χ4n) is 3.07. The molecule has 0 aromatic heterocycles. The van der Waals surface area contributed by atoms with Crippen LogP contribution in [0.1, 0.15) is 37.7 Å². The van der Waals surface area contributed by atoms with Gasteiger partial charge in [0.15, 0.2) is 0 Å². The fourth-order valence-corrected chi connectivity index (χ4v) is 3.33. The first-order chi connectivity index (χ1) is 10.1. The Morgan fingerprint density at radius 2 is 2.05 bits per heavy atom. The maximum atomic E-state index is 10.7. The van der Waals surface area contributed by atoms with E-state index in [2.05, 4.69) is 11.9 Å². The molecule has 0 amide bonds. The van der Waals surface area contributed by atoms with Crippen molar-refractivity contribution in [1.29, 1.82) is 0 Å². The average Bonchev–Trinajstić information content (AvgIpc) is 2.47. The molecule has 0 heterocycles. The van der Waals surface area contributed by atoms with Crippen LogP contribution in [0.15, 0.2) is 18.2 Å². The molecule has 0 radical (unpaired) electrons. The highest BCUT2D eigenvalue weighted by atomic mass is 35.5. The van der Waals surface area contributed by atoms with Crippen molar-refractivity contribution in [3.05, 3.63) is 38.9 Å². The molecule has 116 valence electrons. The zero-order chi connectivity index (χ0) is 15.2. The number of halogens is 1. The van der Waals surface area contributed by atoms with Gasteiger partial charge in [-0.15, -0.1) is 0 Å². The summed E-state index contributed by atoms with van der Waals surface area (Å²) in [5.74, 6) is 0.830. The molecule has 1 aromatic carbocycles. The van der Waals surface area contributed by atoms with Crippen LogP contribution >= 0.6 is 11.6 Å². The van der Waals surface area contributed by atoms with E-state index in [-0.39, 0.29) is 5.69 Å². The quantitative estimate of drug-likeness (QED) is 0.581. The van der Waals surface area contributed by atoms with Gasteiger partial charge < -0.3 is 4.90 Å². The van der Waals surface area contributed by atoms with Crippen molar-refractivity contribution in [3.63, 3.8) is 0 Å². The number of nitro groups is 1. The summed E-state index contributed by atoms with van der Waals surface area (Å²) >= 11 is 6.13. The molecule has 0 N–H and O–H groups in total. The van der Waals surface area contributed by atoms with Crippen molar-refractivity contribution < 1.29 is 4.92 Å². The molecule has 0 bridgehead atoms. The second-order valence-corrected chi connectivity index (χ2v) is 6.46. The topological polar surface area (TPSA) is 46.4 Å². The van der Waals surface area contributed by atoms with Gasteiger partial charge in [-0.1, -0.05) is 36.9 Å². The third-order valence-corrected chi connectivity index (χ3v) is 4.66. The summed E-state index contributed by atoms with van der Waals surface area (Å²) in [5, 5.41) is 11.2. The summed E-state index contributed by atoms with van der Waals surface area (Å²) in [6.45, 7) is 2.08. The van der Waals surface area contributed by atoms with E-state index in [1.165, 1.54) is 44.2 Å². The van der Waals surface area contributed by atoms with Crippen molar-refractivity contribution in [2.24, 2.45) is 5.92 Å². The molecule has 2 rings (SSSR count). The molecule has 5 heteroatoms. The monoisotopic (exact) mass is 310 g/mol. The van der Waals surface area contributed by atoms with Crippen molar-refractivity contribution in [3.8, 4) is 0 Å². The second-order valence-electron chi connectivity index (χ2n) is 6.05. The molecule has 0 unspecified atom stereocenters. The van der Waals surface area contributed by atoms with Gasteiger partial charge in [-0.2, -0.15) is 0 Å². The summed E-state index contributed by atoms with van der Waals surface area (Å²) in [6.07, 6.45) is 7.66. The van der Waals surface area contributed by atoms with Crippen LogP contribution in [0.4, 0.5) is 5.69 Å². The lowest BCUT2D eigenvalue weighted by Gasteiger charge is -2.27. The Hall–Kier alpha value is -1.13. The van der Waals surface area contributed by atoms with E-state index >= 15 is 0 Å². The van der Waals surface area contributed by atoms with Crippen LogP contribution in [0.2, 0.25) is 5.02 Å². The predicted octanol–water partition coefficient (Wildman–Crippen LogP) is 4.30. The van der Waals surface area contributed by atoms with Gasteiger partial charge in [0.05, 0.1) is 9.95 Å². The van der Waals surface area contributed by atoms with Gasteiger partial charge in [-0.3, -0.25) is 10.1 Å². The highest BCUT2D eigenvalue weighted by Gasteiger charge is 2.16. The van der Waals surface area contributed by atoms with E-state index in [9.17, 15) is 10.1 Å². The van der Waals surface area contributed by atoms with E-state index in [1.54, 1.807) is 6.07 Å². The number of benzene rings is 1. The van der Waals surface area contributed by atoms with Crippen LogP contribution in [0.5, 0.6) is 0 Å². The minimum absolute atomic E-state index is 0.0549. The van der Waals surface area contributed by atoms with E-state index in [4.69, 9.17) is 11.6 Å². The normalized spacial score (nSPS) is 16.3. The molecular weight excluding hydrogens is 288 g/mol. The number of non-ortho nitro benzene ring substituents is 1. The first kappa shape index (κ1) is 16.2.